The number of nitrogens with one attached hydrogen (secondary N) is 1. The van der Waals surface area contributed by atoms with E-state index in [1.165, 1.54) is 23.5 Å². The topological polar surface area (TPSA) is 21.3 Å². The number of hydrogen-bond acceptors (Lipinski definition) is 3. The molecule has 112 valence electrons. The Morgan fingerprint density at radius 2 is 2.05 bits per heavy atom. The number of benzene rings is 1. The van der Waals surface area contributed by atoms with Crippen LogP contribution < -0.4 is 10.1 Å². The molecule has 1 N–H and O–H groups in total. The van der Waals surface area contributed by atoms with Gasteiger partial charge in [-0.1, -0.05) is 31.5 Å². The van der Waals surface area contributed by atoms with Gasteiger partial charge in [-0.15, -0.1) is 0 Å². The molecule has 1 aliphatic heterocycles. The van der Waals surface area contributed by atoms with Gasteiger partial charge in [-0.3, -0.25) is 0 Å². The zero-order valence-corrected chi connectivity index (χ0v) is 13.9. The van der Waals surface area contributed by atoms with Crippen molar-refractivity contribution in [2.45, 2.75) is 46.2 Å². The molecule has 0 bridgehead atoms. The third kappa shape index (κ3) is 4.42. The fourth-order valence-electron chi connectivity index (χ4n) is 2.46. The first-order valence-corrected chi connectivity index (χ1v) is 8.66. The molecular weight excluding hydrogens is 266 g/mol. The van der Waals surface area contributed by atoms with E-state index in [2.05, 4.69) is 56.9 Å². The lowest BCUT2D eigenvalue weighted by Gasteiger charge is -2.40. The lowest BCUT2D eigenvalue weighted by Crippen LogP contribution is -2.51. The van der Waals surface area contributed by atoms with Crippen LogP contribution in [0, 0.1) is 12.3 Å². The van der Waals surface area contributed by atoms with Gasteiger partial charge in [0.1, 0.15) is 12.4 Å². The van der Waals surface area contributed by atoms with Crippen LogP contribution in [0.3, 0.4) is 0 Å². The Morgan fingerprint density at radius 1 is 1.35 bits per heavy atom. The monoisotopic (exact) mass is 293 g/mol. The molecule has 0 amide bonds. The molecule has 1 aromatic rings. The Bertz CT molecular complexity index is 416. The highest BCUT2D eigenvalue weighted by atomic mass is 32.2. The van der Waals surface area contributed by atoms with Crippen molar-refractivity contribution in [1.82, 2.24) is 5.32 Å². The van der Waals surface area contributed by atoms with Crippen molar-refractivity contribution in [1.29, 1.82) is 0 Å². The second kappa shape index (κ2) is 6.86. The van der Waals surface area contributed by atoms with Crippen molar-refractivity contribution < 1.29 is 4.74 Å². The van der Waals surface area contributed by atoms with Crippen LogP contribution in [-0.4, -0.2) is 30.2 Å². The smallest absolute Gasteiger partial charge is 0.119 e. The second-order valence-corrected chi connectivity index (χ2v) is 7.71. The van der Waals surface area contributed by atoms with E-state index < -0.39 is 0 Å². The molecule has 2 rings (SSSR count). The molecular formula is C17H27NOS. The highest BCUT2D eigenvalue weighted by Crippen LogP contribution is 2.34. The number of aryl methyl sites for hydroxylation is 1. The number of thioether (sulfide) groups is 1. The Hall–Kier alpha value is -0.670. The number of ether oxygens (including phenoxy) is 1. The molecule has 1 heterocycles. The molecule has 1 saturated heterocycles. The van der Waals surface area contributed by atoms with E-state index in [0.29, 0.717) is 17.5 Å². The molecule has 1 aromatic carbocycles. The van der Waals surface area contributed by atoms with Crippen molar-refractivity contribution >= 4 is 11.8 Å². The van der Waals surface area contributed by atoms with Gasteiger partial charge in [0.05, 0.1) is 0 Å². The van der Waals surface area contributed by atoms with Gasteiger partial charge >= 0.3 is 0 Å². The van der Waals surface area contributed by atoms with E-state index in [0.717, 1.165) is 12.4 Å². The van der Waals surface area contributed by atoms with Crippen molar-refractivity contribution in [3.05, 3.63) is 29.8 Å². The summed E-state index contributed by atoms with van der Waals surface area (Å²) in [7, 11) is 0. The number of hydrogen-bond donors (Lipinski definition) is 1. The van der Waals surface area contributed by atoms with E-state index in [1.54, 1.807) is 0 Å². The first-order valence-electron chi connectivity index (χ1n) is 7.50. The maximum absolute atomic E-state index is 5.86. The number of rotatable bonds is 5. The standard InChI is InChI=1S/C17H27NOS/c1-13-5-7-15(8-6-13)19-11-14(2)18-16-12-20-10-9-17(16,3)4/h5-8,14,16,18H,9-12H2,1-4H3. The average Bonchev–Trinajstić information content (AvgIpc) is 2.40. The van der Waals surface area contributed by atoms with Gasteiger partial charge in [0.2, 0.25) is 0 Å². The van der Waals surface area contributed by atoms with E-state index in [1.807, 2.05) is 12.1 Å². The summed E-state index contributed by atoms with van der Waals surface area (Å²) in [5, 5.41) is 3.74. The van der Waals surface area contributed by atoms with E-state index in [9.17, 15) is 0 Å². The summed E-state index contributed by atoms with van der Waals surface area (Å²) in [6, 6.07) is 9.23. The molecule has 2 atom stereocenters. The summed E-state index contributed by atoms with van der Waals surface area (Å²) in [6.07, 6.45) is 1.29. The van der Waals surface area contributed by atoms with Crippen LogP contribution in [0.1, 0.15) is 32.8 Å². The predicted octanol–water partition coefficient (Wildman–Crippen LogP) is 3.88. The SMILES string of the molecule is Cc1ccc(OCC(C)NC2CSCCC2(C)C)cc1. The van der Waals surface area contributed by atoms with Crippen molar-refractivity contribution in [2.24, 2.45) is 5.41 Å². The predicted molar refractivity (Wildman–Crippen MR) is 88.8 cm³/mol. The van der Waals surface area contributed by atoms with Crippen LogP contribution in [0.25, 0.3) is 0 Å². The molecule has 0 radical (unpaired) electrons. The van der Waals surface area contributed by atoms with Crippen LogP contribution in [0.5, 0.6) is 5.75 Å². The third-order valence-electron chi connectivity index (χ3n) is 4.13. The first kappa shape index (κ1) is 15.7. The van der Waals surface area contributed by atoms with Gasteiger partial charge in [-0.2, -0.15) is 11.8 Å². The van der Waals surface area contributed by atoms with Crippen molar-refractivity contribution in [2.75, 3.05) is 18.1 Å². The van der Waals surface area contributed by atoms with Gasteiger partial charge in [0.25, 0.3) is 0 Å². The Kier molecular flexibility index (Phi) is 5.39. The minimum atomic E-state index is 0.374. The van der Waals surface area contributed by atoms with Crippen LogP contribution in [-0.2, 0) is 0 Å². The maximum Gasteiger partial charge on any atom is 0.119 e. The fraction of sp³-hybridized carbons (Fsp3) is 0.647. The lowest BCUT2D eigenvalue weighted by molar-refractivity contribution is 0.199. The molecule has 0 saturated carbocycles. The molecule has 2 unspecified atom stereocenters. The van der Waals surface area contributed by atoms with E-state index >= 15 is 0 Å². The summed E-state index contributed by atoms with van der Waals surface area (Å²) in [4.78, 5) is 0. The first-order chi connectivity index (χ1) is 9.47. The Balaban J connectivity index is 1.80. The average molecular weight is 293 g/mol. The summed E-state index contributed by atoms with van der Waals surface area (Å²) in [6.45, 7) is 9.77. The third-order valence-corrected chi connectivity index (χ3v) is 5.19. The van der Waals surface area contributed by atoms with Gasteiger partial charge in [-0.05, 0) is 43.6 Å². The van der Waals surface area contributed by atoms with Crippen molar-refractivity contribution in [3.63, 3.8) is 0 Å². The minimum Gasteiger partial charge on any atom is -0.492 e. The molecule has 0 spiro atoms. The summed E-state index contributed by atoms with van der Waals surface area (Å²) >= 11 is 2.06. The quantitative estimate of drug-likeness (QED) is 0.890. The highest BCUT2D eigenvalue weighted by Gasteiger charge is 2.33. The van der Waals surface area contributed by atoms with Crippen LogP contribution in [0.4, 0.5) is 0 Å². The summed E-state index contributed by atoms with van der Waals surface area (Å²) in [5.74, 6) is 3.46. The molecule has 2 nitrogen and oxygen atoms in total. The Labute approximate surface area is 127 Å². The van der Waals surface area contributed by atoms with Crippen molar-refractivity contribution in [3.8, 4) is 5.75 Å². The zero-order chi connectivity index (χ0) is 14.6. The van der Waals surface area contributed by atoms with Crippen LogP contribution >= 0.6 is 11.8 Å². The summed E-state index contributed by atoms with van der Waals surface area (Å²) < 4.78 is 5.86. The molecule has 20 heavy (non-hydrogen) atoms. The largest absolute Gasteiger partial charge is 0.492 e. The van der Waals surface area contributed by atoms with Gasteiger partial charge in [-0.25, -0.2) is 0 Å². The maximum atomic E-state index is 5.86. The Morgan fingerprint density at radius 3 is 2.70 bits per heavy atom. The van der Waals surface area contributed by atoms with Crippen LogP contribution in [0.15, 0.2) is 24.3 Å². The molecule has 3 heteroatoms. The zero-order valence-electron chi connectivity index (χ0n) is 13.1. The van der Waals surface area contributed by atoms with E-state index in [4.69, 9.17) is 4.74 Å². The van der Waals surface area contributed by atoms with E-state index in [-0.39, 0.29) is 0 Å². The molecule has 0 aliphatic carbocycles. The molecule has 1 aliphatic rings. The second-order valence-electron chi connectivity index (χ2n) is 6.56. The molecule has 0 aromatic heterocycles. The summed E-state index contributed by atoms with van der Waals surface area (Å²) in [5.41, 5.74) is 1.66. The fourth-order valence-corrected chi connectivity index (χ4v) is 4.08. The van der Waals surface area contributed by atoms with Gasteiger partial charge in [0, 0.05) is 17.8 Å². The minimum absolute atomic E-state index is 0.374. The normalized spacial score (nSPS) is 23.3. The van der Waals surface area contributed by atoms with Crippen LogP contribution in [0.2, 0.25) is 0 Å². The highest BCUT2D eigenvalue weighted by molar-refractivity contribution is 7.99. The molecule has 1 fully saturated rings. The van der Waals surface area contributed by atoms with Gasteiger partial charge < -0.3 is 10.1 Å². The van der Waals surface area contributed by atoms with Gasteiger partial charge in [0.15, 0.2) is 0 Å². The lowest BCUT2D eigenvalue weighted by atomic mass is 9.82.